The van der Waals surface area contributed by atoms with Crippen molar-refractivity contribution in [2.75, 3.05) is 19.6 Å². The average Bonchev–Trinajstić information content (AvgIpc) is 3.53. The first-order valence-corrected chi connectivity index (χ1v) is 10.1. The normalized spacial score (nSPS) is 23.7. The van der Waals surface area contributed by atoms with E-state index >= 15 is 4.39 Å². The van der Waals surface area contributed by atoms with Crippen LogP contribution in [-0.2, 0) is 4.79 Å². The molecule has 0 bridgehead atoms. The summed E-state index contributed by atoms with van der Waals surface area (Å²) in [4.78, 5) is 14.1. The fourth-order valence-corrected chi connectivity index (χ4v) is 3.94. The number of halogens is 1. The van der Waals surface area contributed by atoms with Gasteiger partial charge in [-0.25, -0.2) is 4.39 Å². The number of carbonyl (C=O) groups is 1. The molecule has 2 unspecified atom stereocenters. The largest absolute Gasteiger partial charge is 0.339 e. The highest BCUT2D eigenvalue weighted by atomic mass is 19.1. The number of hydrogen-bond donors (Lipinski definition) is 1. The van der Waals surface area contributed by atoms with E-state index in [1.54, 1.807) is 11.0 Å². The number of likely N-dealkylation sites (tertiary alicyclic amines) is 1. The van der Waals surface area contributed by atoms with Gasteiger partial charge in [0, 0.05) is 50.5 Å². The Balaban J connectivity index is 1.22. The molecular weight excluding hydrogens is 351 g/mol. The van der Waals surface area contributed by atoms with E-state index in [9.17, 15) is 4.79 Å². The van der Waals surface area contributed by atoms with Crippen LogP contribution in [0.2, 0.25) is 0 Å². The van der Waals surface area contributed by atoms with Crippen molar-refractivity contribution in [3.8, 4) is 0 Å². The molecule has 3 nitrogen and oxygen atoms in total. The zero-order valence-corrected chi connectivity index (χ0v) is 16.1. The summed E-state index contributed by atoms with van der Waals surface area (Å²) < 4.78 is 15.2. The van der Waals surface area contributed by atoms with Gasteiger partial charge in [0.2, 0.25) is 5.91 Å². The third kappa shape index (κ3) is 4.68. The molecule has 1 saturated heterocycles. The Labute approximate surface area is 166 Å². The average molecular weight is 378 g/mol. The van der Waals surface area contributed by atoms with Crippen LogP contribution in [0.3, 0.4) is 0 Å². The summed E-state index contributed by atoms with van der Waals surface area (Å²) in [6, 6.07) is 20.5. The van der Waals surface area contributed by atoms with E-state index in [1.165, 1.54) is 5.56 Å². The van der Waals surface area contributed by atoms with Crippen LogP contribution < -0.4 is 5.32 Å². The van der Waals surface area contributed by atoms with Gasteiger partial charge in [-0.05, 0) is 23.6 Å². The molecule has 28 heavy (non-hydrogen) atoms. The summed E-state index contributed by atoms with van der Waals surface area (Å²) in [6.45, 7) is 1.33. The molecule has 1 aliphatic heterocycles. The number of hydrogen-bond acceptors (Lipinski definition) is 2. The van der Waals surface area contributed by atoms with E-state index in [2.05, 4.69) is 29.6 Å². The maximum absolute atomic E-state index is 15.2. The summed E-state index contributed by atoms with van der Waals surface area (Å²) in [6.07, 6.45) is 5.28. The van der Waals surface area contributed by atoms with Gasteiger partial charge in [0.25, 0.3) is 0 Å². The van der Waals surface area contributed by atoms with Gasteiger partial charge < -0.3 is 10.2 Å². The summed E-state index contributed by atoms with van der Waals surface area (Å²) >= 11 is 0. The lowest BCUT2D eigenvalue weighted by molar-refractivity contribution is -0.128. The molecule has 1 aliphatic carbocycles. The molecular formula is C24H27FN2O. The summed E-state index contributed by atoms with van der Waals surface area (Å²) in [5.41, 5.74) is 1.11. The van der Waals surface area contributed by atoms with Crippen LogP contribution in [0.25, 0.3) is 6.08 Å². The van der Waals surface area contributed by atoms with Crippen LogP contribution in [0.15, 0.2) is 66.7 Å². The third-order valence-electron chi connectivity index (χ3n) is 5.89. The predicted octanol–water partition coefficient (Wildman–Crippen LogP) is 4.18. The molecule has 2 aliphatic rings. The van der Waals surface area contributed by atoms with Gasteiger partial charge in [-0.1, -0.05) is 60.7 Å². The second kappa shape index (κ2) is 8.27. The van der Waals surface area contributed by atoms with Crippen molar-refractivity contribution in [1.29, 1.82) is 0 Å². The van der Waals surface area contributed by atoms with Gasteiger partial charge in [-0.2, -0.15) is 0 Å². The quantitative estimate of drug-likeness (QED) is 0.765. The minimum Gasteiger partial charge on any atom is -0.339 e. The number of piperidine rings is 1. The Morgan fingerprint density at radius 3 is 2.39 bits per heavy atom. The summed E-state index contributed by atoms with van der Waals surface area (Å²) in [5, 5.41) is 3.41. The van der Waals surface area contributed by atoms with Gasteiger partial charge in [-0.3, -0.25) is 4.79 Å². The van der Waals surface area contributed by atoms with Gasteiger partial charge >= 0.3 is 0 Å². The molecule has 1 amide bonds. The van der Waals surface area contributed by atoms with Crippen molar-refractivity contribution in [3.63, 3.8) is 0 Å². The first kappa shape index (κ1) is 18.9. The van der Waals surface area contributed by atoms with Crippen molar-refractivity contribution >= 4 is 12.0 Å². The highest BCUT2D eigenvalue weighted by Crippen LogP contribution is 2.41. The SMILES string of the molecule is O=C(/C=C/c1ccccc1)N1CCC(F)(CNC2CC2c2ccccc2)CC1. The zero-order chi connectivity index (χ0) is 19.4. The minimum atomic E-state index is -1.22. The number of alkyl halides is 1. The molecule has 2 fully saturated rings. The maximum atomic E-state index is 15.2. The van der Waals surface area contributed by atoms with Crippen LogP contribution >= 0.6 is 0 Å². The summed E-state index contributed by atoms with van der Waals surface area (Å²) in [7, 11) is 0. The Morgan fingerprint density at radius 2 is 1.71 bits per heavy atom. The number of rotatable bonds is 6. The molecule has 2 aromatic rings. The number of nitrogens with zero attached hydrogens (tertiary/aromatic N) is 1. The van der Waals surface area contributed by atoms with Crippen LogP contribution in [0.4, 0.5) is 4.39 Å². The smallest absolute Gasteiger partial charge is 0.246 e. The standard InChI is InChI=1S/C24H27FN2O/c25-24(18-26-22-17-21(22)20-9-5-2-6-10-20)13-15-27(16-14-24)23(28)12-11-19-7-3-1-4-8-19/h1-12,21-22,26H,13-18H2/b12-11+. The number of benzene rings is 2. The number of carbonyl (C=O) groups excluding carboxylic acids is 1. The fourth-order valence-electron chi connectivity index (χ4n) is 3.94. The van der Waals surface area contributed by atoms with Crippen molar-refractivity contribution in [2.24, 2.45) is 0 Å². The fraction of sp³-hybridized carbons (Fsp3) is 0.375. The molecule has 146 valence electrons. The second-order valence-electron chi connectivity index (χ2n) is 7.96. The molecule has 1 N–H and O–H groups in total. The first-order valence-electron chi connectivity index (χ1n) is 10.1. The van der Waals surface area contributed by atoms with Crippen molar-refractivity contribution in [1.82, 2.24) is 10.2 Å². The molecule has 1 saturated carbocycles. The van der Waals surface area contributed by atoms with E-state index in [0.717, 1.165) is 12.0 Å². The van der Waals surface area contributed by atoms with E-state index < -0.39 is 5.67 Å². The number of amides is 1. The number of nitrogens with one attached hydrogen (secondary N) is 1. The Kier molecular flexibility index (Phi) is 5.58. The Bertz CT molecular complexity index is 813. The van der Waals surface area contributed by atoms with Crippen LogP contribution in [-0.4, -0.2) is 42.2 Å². The highest BCUT2D eigenvalue weighted by molar-refractivity contribution is 5.91. The summed E-state index contributed by atoms with van der Waals surface area (Å²) in [5.74, 6) is 0.472. The van der Waals surface area contributed by atoms with Gasteiger partial charge in [0.05, 0.1) is 0 Å². The lowest BCUT2D eigenvalue weighted by atomic mass is 9.93. The van der Waals surface area contributed by atoms with E-state index in [4.69, 9.17) is 0 Å². The Morgan fingerprint density at radius 1 is 1.07 bits per heavy atom. The molecule has 1 heterocycles. The molecule has 2 atom stereocenters. The topological polar surface area (TPSA) is 32.3 Å². The second-order valence-corrected chi connectivity index (χ2v) is 7.96. The molecule has 0 radical (unpaired) electrons. The molecule has 0 aromatic heterocycles. The van der Waals surface area contributed by atoms with Crippen molar-refractivity contribution in [3.05, 3.63) is 77.9 Å². The van der Waals surface area contributed by atoms with Gasteiger partial charge in [-0.15, -0.1) is 0 Å². The van der Waals surface area contributed by atoms with E-state index in [1.807, 2.05) is 42.5 Å². The van der Waals surface area contributed by atoms with Crippen LogP contribution in [0.1, 0.15) is 36.3 Å². The van der Waals surface area contributed by atoms with Gasteiger partial charge in [0.1, 0.15) is 5.67 Å². The van der Waals surface area contributed by atoms with Crippen LogP contribution in [0.5, 0.6) is 0 Å². The zero-order valence-electron chi connectivity index (χ0n) is 16.1. The van der Waals surface area contributed by atoms with Gasteiger partial charge in [0.15, 0.2) is 0 Å². The molecule has 4 rings (SSSR count). The lowest BCUT2D eigenvalue weighted by Gasteiger charge is -2.36. The lowest BCUT2D eigenvalue weighted by Crippen LogP contribution is -2.49. The maximum Gasteiger partial charge on any atom is 0.246 e. The monoisotopic (exact) mass is 378 g/mol. The minimum absolute atomic E-state index is 0.0369. The van der Waals surface area contributed by atoms with Crippen molar-refractivity contribution in [2.45, 2.75) is 36.9 Å². The highest BCUT2D eigenvalue weighted by Gasteiger charge is 2.41. The predicted molar refractivity (Wildman–Crippen MR) is 111 cm³/mol. The molecule has 2 aromatic carbocycles. The van der Waals surface area contributed by atoms with Crippen LogP contribution in [0, 0.1) is 0 Å². The first-order chi connectivity index (χ1) is 13.6. The molecule has 4 heteroatoms. The van der Waals surface area contributed by atoms with E-state index in [-0.39, 0.29) is 5.91 Å². The third-order valence-corrected chi connectivity index (χ3v) is 5.89. The van der Waals surface area contributed by atoms with Crippen molar-refractivity contribution < 1.29 is 9.18 Å². The Hall–Kier alpha value is -2.46. The van der Waals surface area contributed by atoms with E-state index in [0.29, 0.717) is 44.4 Å². The molecule has 0 spiro atoms.